The van der Waals surface area contributed by atoms with Gasteiger partial charge in [0.05, 0.1) is 0 Å². The molecule has 0 aromatic heterocycles. The molecule has 1 heterocycles. The van der Waals surface area contributed by atoms with E-state index in [1.54, 1.807) is 6.07 Å². The summed E-state index contributed by atoms with van der Waals surface area (Å²) in [6.45, 7) is 8.07. The summed E-state index contributed by atoms with van der Waals surface area (Å²) < 4.78 is 13.5. The lowest BCUT2D eigenvalue weighted by Gasteiger charge is -2.40. The zero-order valence-electron chi connectivity index (χ0n) is 10.1. The molecule has 88 valence electrons. The number of halogens is 1. The van der Waals surface area contributed by atoms with Crippen LogP contribution in [-0.2, 0) is 0 Å². The van der Waals surface area contributed by atoms with Gasteiger partial charge in [0.2, 0.25) is 0 Å². The van der Waals surface area contributed by atoms with Gasteiger partial charge in [-0.25, -0.2) is 4.39 Å². The van der Waals surface area contributed by atoms with E-state index >= 15 is 0 Å². The third-order valence-electron chi connectivity index (χ3n) is 3.31. The number of hydrogen-bond acceptors (Lipinski definition) is 2. The van der Waals surface area contributed by atoms with Gasteiger partial charge in [-0.3, -0.25) is 0 Å². The minimum atomic E-state index is -0.115. The molecule has 2 atom stereocenters. The molecule has 1 saturated heterocycles. The highest BCUT2D eigenvalue weighted by molar-refractivity contribution is 5.54. The molecule has 1 N–H and O–H groups in total. The number of hydrogen-bond donors (Lipinski definition) is 1. The average Bonchev–Trinajstić information content (AvgIpc) is 2.26. The first-order chi connectivity index (χ1) is 7.59. The van der Waals surface area contributed by atoms with Gasteiger partial charge in [-0.15, -0.1) is 0 Å². The Morgan fingerprint density at radius 2 is 2.12 bits per heavy atom. The van der Waals surface area contributed by atoms with Crippen molar-refractivity contribution in [3.05, 3.63) is 29.6 Å². The van der Waals surface area contributed by atoms with Gasteiger partial charge in [0, 0.05) is 36.4 Å². The van der Waals surface area contributed by atoms with Crippen molar-refractivity contribution in [3.63, 3.8) is 0 Å². The number of rotatable bonds is 1. The number of nitrogens with one attached hydrogen (secondary N) is 1. The second-order valence-electron chi connectivity index (χ2n) is 4.69. The summed E-state index contributed by atoms with van der Waals surface area (Å²) in [5.41, 5.74) is 1.78. The van der Waals surface area contributed by atoms with E-state index in [0.29, 0.717) is 12.1 Å². The molecule has 16 heavy (non-hydrogen) atoms. The van der Waals surface area contributed by atoms with E-state index < -0.39 is 0 Å². The van der Waals surface area contributed by atoms with Gasteiger partial charge in [-0.2, -0.15) is 0 Å². The first-order valence-corrected chi connectivity index (χ1v) is 5.84. The minimum Gasteiger partial charge on any atom is -0.366 e. The maximum absolute atomic E-state index is 13.5. The maximum atomic E-state index is 13.5. The molecular weight excluding hydrogens is 203 g/mol. The van der Waals surface area contributed by atoms with Gasteiger partial charge in [0.15, 0.2) is 0 Å². The second-order valence-corrected chi connectivity index (χ2v) is 4.69. The Bertz CT molecular complexity index is 378. The Morgan fingerprint density at radius 3 is 2.88 bits per heavy atom. The number of nitrogens with zero attached hydrogens (tertiary/aromatic N) is 1. The Balaban J connectivity index is 2.31. The Hall–Kier alpha value is -1.09. The summed E-state index contributed by atoms with van der Waals surface area (Å²) in [7, 11) is 0. The van der Waals surface area contributed by atoms with Crippen molar-refractivity contribution in [1.82, 2.24) is 5.32 Å². The summed E-state index contributed by atoms with van der Waals surface area (Å²) in [5.74, 6) is -0.115. The molecule has 1 aliphatic heterocycles. The summed E-state index contributed by atoms with van der Waals surface area (Å²) in [6, 6.07) is 6.19. The van der Waals surface area contributed by atoms with Crippen molar-refractivity contribution in [1.29, 1.82) is 0 Å². The Morgan fingerprint density at radius 1 is 1.38 bits per heavy atom. The molecule has 0 aliphatic carbocycles. The van der Waals surface area contributed by atoms with Crippen LogP contribution < -0.4 is 10.2 Å². The lowest BCUT2D eigenvalue weighted by Crippen LogP contribution is -2.54. The van der Waals surface area contributed by atoms with Gasteiger partial charge >= 0.3 is 0 Å². The quantitative estimate of drug-likeness (QED) is 0.784. The van der Waals surface area contributed by atoms with E-state index in [1.807, 2.05) is 13.0 Å². The Labute approximate surface area is 96.5 Å². The van der Waals surface area contributed by atoms with Crippen molar-refractivity contribution in [2.75, 3.05) is 18.0 Å². The molecule has 0 spiro atoms. The fourth-order valence-corrected chi connectivity index (χ4v) is 2.26. The normalized spacial score (nSPS) is 25.9. The molecule has 1 aliphatic rings. The van der Waals surface area contributed by atoms with Crippen LogP contribution in [0.4, 0.5) is 10.1 Å². The van der Waals surface area contributed by atoms with Gasteiger partial charge in [-0.1, -0.05) is 6.07 Å². The molecule has 2 unspecified atom stereocenters. The molecule has 2 rings (SSSR count). The third kappa shape index (κ3) is 2.05. The highest BCUT2D eigenvalue weighted by Gasteiger charge is 2.24. The van der Waals surface area contributed by atoms with E-state index in [-0.39, 0.29) is 5.82 Å². The van der Waals surface area contributed by atoms with Crippen LogP contribution in [0.3, 0.4) is 0 Å². The van der Waals surface area contributed by atoms with Gasteiger partial charge in [0.25, 0.3) is 0 Å². The topological polar surface area (TPSA) is 15.3 Å². The number of piperazine rings is 1. The SMILES string of the molecule is Cc1c(F)cccc1N1CC(C)NCC1C. The molecule has 1 fully saturated rings. The van der Waals surface area contributed by atoms with Crippen LogP contribution in [0.2, 0.25) is 0 Å². The zero-order chi connectivity index (χ0) is 11.7. The van der Waals surface area contributed by atoms with Crippen LogP contribution in [-0.4, -0.2) is 25.2 Å². The van der Waals surface area contributed by atoms with Crippen molar-refractivity contribution in [2.45, 2.75) is 32.9 Å². The summed E-state index contributed by atoms with van der Waals surface area (Å²) in [4.78, 5) is 2.29. The van der Waals surface area contributed by atoms with Gasteiger partial charge < -0.3 is 10.2 Å². The van der Waals surface area contributed by atoms with Crippen molar-refractivity contribution >= 4 is 5.69 Å². The molecule has 0 radical (unpaired) electrons. The summed E-state index contributed by atoms with van der Waals surface area (Å²) >= 11 is 0. The zero-order valence-corrected chi connectivity index (χ0v) is 10.1. The van der Waals surface area contributed by atoms with E-state index in [2.05, 4.69) is 24.1 Å². The second kappa shape index (κ2) is 4.42. The molecule has 0 amide bonds. The van der Waals surface area contributed by atoms with Crippen LogP contribution in [0.25, 0.3) is 0 Å². The monoisotopic (exact) mass is 222 g/mol. The summed E-state index contributed by atoms with van der Waals surface area (Å²) in [6.07, 6.45) is 0. The van der Waals surface area contributed by atoms with E-state index in [1.165, 1.54) is 6.07 Å². The van der Waals surface area contributed by atoms with Crippen LogP contribution >= 0.6 is 0 Å². The third-order valence-corrected chi connectivity index (χ3v) is 3.31. The number of anilines is 1. The highest BCUT2D eigenvalue weighted by atomic mass is 19.1. The lowest BCUT2D eigenvalue weighted by molar-refractivity contribution is 0.424. The minimum absolute atomic E-state index is 0.115. The predicted molar refractivity (Wildman–Crippen MR) is 65.4 cm³/mol. The molecular formula is C13H19FN2. The predicted octanol–water partition coefficient (Wildman–Crippen LogP) is 2.32. The fourth-order valence-electron chi connectivity index (χ4n) is 2.26. The summed E-state index contributed by atoms with van der Waals surface area (Å²) in [5, 5.41) is 3.43. The van der Waals surface area contributed by atoms with E-state index in [4.69, 9.17) is 0 Å². The first kappa shape index (κ1) is 11.4. The first-order valence-electron chi connectivity index (χ1n) is 5.84. The molecule has 1 aromatic carbocycles. The smallest absolute Gasteiger partial charge is 0.128 e. The van der Waals surface area contributed by atoms with Crippen molar-refractivity contribution in [2.24, 2.45) is 0 Å². The van der Waals surface area contributed by atoms with Crippen LogP contribution in [0, 0.1) is 12.7 Å². The lowest BCUT2D eigenvalue weighted by atomic mass is 10.1. The van der Waals surface area contributed by atoms with Crippen LogP contribution in [0.15, 0.2) is 18.2 Å². The van der Waals surface area contributed by atoms with Crippen molar-refractivity contribution in [3.8, 4) is 0 Å². The number of benzene rings is 1. The molecule has 3 heteroatoms. The van der Waals surface area contributed by atoms with Crippen LogP contribution in [0.1, 0.15) is 19.4 Å². The van der Waals surface area contributed by atoms with E-state index in [0.717, 1.165) is 24.3 Å². The highest BCUT2D eigenvalue weighted by Crippen LogP contribution is 2.25. The fraction of sp³-hybridized carbons (Fsp3) is 0.538. The standard InChI is InChI=1S/C13H19FN2/c1-9-8-16(10(2)7-15-9)13-6-4-5-12(14)11(13)3/h4-6,9-10,15H,7-8H2,1-3H3. The van der Waals surface area contributed by atoms with Gasteiger partial charge in [-0.05, 0) is 32.9 Å². The average molecular weight is 222 g/mol. The molecule has 0 bridgehead atoms. The molecule has 1 aromatic rings. The molecule has 0 saturated carbocycles. The largest absolute Gasteiger partial charge is 0.366 e. The maximum Gasteiger partial charge on any atom is 0.128 e. The molecule has 2 nitrogen and oxygen atoms in total. The Kier molecular flexibility index (Phi) is 3.15. The van der Waals surface area contributed by atoms with Gasteiger partial charge in [0.1, 0.15) is 5.82 Å². The van der Waals surface area contributed by atoms with Crippen LogP contribution in [0.5, 0.6) is 0 Å². The van der Waals surface area contributed by atoms with Crippen molar-refractivity contribution < 1.29 is 4.39 Å². The van der Waals surface area contributed by atoms with E-state index in [9.17, 15) is 4.39 Å².